The van der Waals surface area contributed by atoms with Crippen LogP contribution < -0.4 is 15.8 Å². The van der Waals surface area contributed by atoms with Crippen LogP contribution in [0.2, 0.25) is 0 Å². The molecule has 2 aromatic rings. The molecule has 0 aliphatic heterocycles. The van der Waals surface area contributed by atoms with Crippen molar-refractivity contribution in [3.8, 4) is 0 Å². The highest BCUT2D eigenvalue weighted by Crippen LogP contribution is 2.20. The Morgan fingerprint density at radius 3 is 2.52 bits per heavy atom. The Kier molecular flexibility index (Phi) is 9.55. The fourth-order valence-corrected chi connectivity index (χ4v) is 3.86. The summed E-state index contributed by atoms with van der Waals surface area (Å²) >= 11 is 1.29. The van der Waals surface area contributed by atoms with Crippen LogP contribution in [0, 0.1) is 13.8 Å². The van der Waals surface area contributed by atoms with Crippen molar-refractivity contribution >= 4 is 57.8 Å². The van der Waals surface area contributed by atoms with Crippen LogP contribution in [0.25, 0.3) is 0 Å². The second-order valence-electron chi connectivity index (χ2n) is 4.82. The molecule has 1 aromatic heterocycles. The first kappa shape index (κ1) is 23.8. The predicted octanol–water partition coefficient (Wildman–Crippen LogP) is 2.09. The lowest BCUT2D eigenvalue weighted by Crippen LogP contribution is -2.29. The first-order valence-corrected chi connectivity index (χ1v) is 9.18. The minimum Gasteiger partial charge on any atom is -0.329 e. The van der Waals surface area contributed by atoms with Crippen LogP contribution in [-0.2, 0) is 10.0 Å². The maximum absolute atomic E-state index is 12.3. The molecule has 11 heteroatoms. The molecule has 0 saturated heterocycles. The van der Waals surface area contributed by atoms with Crippen molar-refractivity contribution in [2.75, 3.05) is 18.4 Å². The van der Waals surface area contributed by atoms with Gasteiger partial charge >= 0.3 is 0 Å². The van der Waals surface area contributed by atoms with Gasteiger partial charge in [0, 0.05) is 18.8 Å². The Bertz CT molecular complexity index is 825. The Morgan fingerprint density at radius 1 is 1.28 bits per heavy atom. The average molecular weight is 427 g/mol. The number of aryl methyl sites for hydroxylation is 2. The number of halogens is 2. The predicted molar refractivity (Wildman–Crippen MR) is 105 cm³/mol. The molecule has 0 atom stereocenters. The van der Waals surface area contributed by atoms with E-state index in [4.69, 9.17) is 5.73 Å². The van der Waals surface area contributed by atoms with Crippen LogP contribution >= 0.6 is 36.2 Å². The van der Waals surface area contributed by atoms with Crippen molar-refractivity contribution in [2.24, 2.45) is 5.73 Å². The lowest BCUT2D eigenvalue weighted by molar-refractivity contribution is 0.102. The topological polar surface area (TPSA) is 114 Å². The number of nitrogens with zero attached hydrogens (tertiary/aromatic N) is 1. The summed E-state index contributed by atoms with van der Waals surface area (Å²) < 4.78 is 26.5. The van der Waals surface area contributed by atoms with Crippen LogP contribution in [0.3, 0.4) is 0 Å². The van der Waals surface area contributed by atoms with Crippen molar-refractivity contribution in [3.05, 3.63) is 39.8 Å². The Morgan fingerprint density at radius 2 is 1.96 bits per heavy atom. The third-order valence-electron chi connectivity index (χ3n) is 2.95. The summed E-state index contributed by atoms with van der Waals surface area (Å²) in [7, 11) is -3.64. The maximum Gasteiger partial charge on any atom is 0.267 e. The highest BCUT2D eigenvalue weighted by molar-refractivity contribution is 7.89. The smallest absolute Gasteiger partial charge is 0.267 e. The molecule has 2 rings (SSSR count). The molecule has 0 unspecified atom stereocenters. The zero-order chi connectivity index (χ0) is 17.0. The molecular weight excluding hydrogens is 407 g/mol. The lowest BCUT2D eigenvalue weighted by atomic mass is 10.3. The van der Waals surface area contributed by atoms with Crippen molar-refractivity contribution in [2.45, 2.75) is 18.7 Å². The van der Waals surface area contributed by atoms with Gasteiger partial charge in [-0.25, -0.2) is 18.1 Å². The van der Waals surface area contributed by atoms with E-state index >= 15 is 0 Å². The van der Waals surface area contributed by atoms with Gasteiger partial charge in [0.05, 0.1) is 15.6 Å². The molecule has 4 N–H and O–H groups in total. The SMILES string of the molecule is Cc1nc(C)c(C(=O)Nc2cccc(S(=O)(=O)NCCN)c2)s1.Cl.Cl. The second kappa shape index (κ2) is 10.0. The number of amides is 1. The van der Waals surface area contributed by atoms with Gasteiger partial charge in [0.1, 0.15) is 4.88 Å². The molecule has 0 bridgehead atoms. The minimum absolute atomic E-state index is 0. The Balaban J connectivity index is 0.00000288. The van der Waals surface area contributed by atoms with Gasteiger partial charge < -0.3 is 11.1 Å². The number of hydrogen-bond acceptors (Lipinski definition) is 6. The number of rotatable bonds is 6. The monoisotopic (exact) mass is 426 g/mol. The van der Waals surface area contributed by atoms with E-state index in [9.17, 15) is 13.2 Å². The summed E-state index contributed by atoms with van der Waals surface area (Å²) in [6.07, 6.45) is 0. The molecule has 7 nitrogen and oxygen atoms in total. The number of nitrogens with two attached hydrogens (primary N) is 1. The second-order valence-corrected chi connectivity index (χ2v) is 7.79. The number of sulfonamides is 1. The Labute approximate surface area is 163 Å². The molecule has 140 valence electrons. The molecular formula is C14H20Cl2N4O3S2. The number of anilines is 1. The number of carbonyl (C=O) groups is 1. The standard InChI is InChI=1S/C14H18N4O3S2.2ClH/c1-9-13(22-10(2)17-9)14(19)18-11-4-3-5-12(8-11)23(20,21)16-7-6-15;;/h3-5,8,16H,6-7,15H2,1-2H3,(H,18,19);2*1H. The molecule has 1 aromatic carbocycles. The first-order chi connectivity index (χ1) is 10.8. The number of thiazole rings is 1. The van der Waals surface area contributed by atoms with Crippen LogP contribution in [0.5, 0.6) is 0 Å². The molecule has 0 spiro atoms. The largest absolute Gasteiger partial charge is 0.329 e. The molecule has 0 aliphatic carbocycles. The fourth-order valence-electron chi connectivity index (χ4n) is 1.95. The minimum atomic E-state index is -3.64. The third-order valence-corrected chi connectivity index (χ3v) is 5.48. The normalized spacial score (nSPS) is 10.5. The summed E-state index contributed by atoms with van der Waals surface area (Å²) in [6.45, 7) is 3.94. The van der Waals surface area contributed by atoms with E-state index in [1.807, 2.05) is 6.92 Å². The summed E-state index contributed by atoms with van der Waals surface area (Å²) in [5, 5.41) is 3.50. The summed E-state index contributed by atoms with van der Waals surface area (Å²) in [5.41, 5.74) is 6.35. The molecule has 0 saturated carbocycles. The fraction of sp³-hybridized carbons (Fsp3) is 0.286. The van der Waals surface area contributed by atoms with Crippen molar-refractivity contribution in [1.29, 1.82) is 0 Å². The van der Waals surface area contributed by atoms with Gasteiger partial charge in [-0.3, -0.25) is 4.79 Å². The molecule has 0 radical (unpaired) electrons. The van der Waals surface area contributed by atoms with Gasteiger partial charge in [-0.05, 0) is 32.0 Å². The van der Waals surface area contributed by atoms with E-state index in [-0.39, 0.29) is 48.7 Å². The molecule has 0 aliphatic rings. The summed E-state index contributed by atoms with van der Waals surface area (Å²) in [5.74, 6) is -0.308. The van der Waals surface area contributed by atoms with Gasteiger partial charge in [0.15, 0.2) is 0 Å². The van der Waals surface area contributed by atoms with E-state index < -0.39 is 10.0 Å². The summed E-state index contributed by atoms with van der Waals surface area (Å²) in [6, 6.07) is 6.05. The first-order valence-electron chi connectivity index (χ1n) is 6.88. The van der Waals surface area contributed by atoms with Crippen LogP contribution in [0.4, 0.5) is 5.69 Å². The average Bonchev–Trinajstić information content (AvgIpc) is 2.84. The van der Waals surface area contributed by atoms with Crippen LogP contribution in [-0.4, -0.2) is 32.4 Å². The number of hydrogen-bond donors (Lipinski definition) is 3. The van der Waals surface area contributed by atoms with E-state index in [0.29, 0.717) is 16.3 Å². The van der Waals surface area contributed by atoms with Crippen molar-refractivity contribution in [3.63, 3.8) is 0 Å². The molecule has 25 heavy (non-hydrogen) atoms. The van der Waals surface area contributed by atoms with E-state index in [0.717, 1.165) is 5.01 Å². The third kappa shape index (κ3) is 6.21. The highest BCUT2D eigenvalue weighted by Gasteiger charge is 2.16. The lowest BCUT2D eigenvalue weighted by Gasteiger charge is -2.08. The zero-order valence-electron chi connectivity index (χ0n) is 13.6. The van der Waals surface area contributed by atoms with Crippen molar-refractivity contribution < 1.29 is 13.2 Å². The quantitative estimate of drug-likeness (QED) is 0.653. The van der Waals surface area contributed by atoms with Gasteiger partial charge in [0.2, 0.25) is 10.0 Å². The highest BCUT2D eigenvalue weighted by atomic mass is 35.5. The molecule has 1 heterocycles. The maximum atomic E-state index is 12.3. The molecule has 0 fully saturated rings. The summed E-state index contributed by atoms with van der Waals surface area (Å²) in [4.78, 5) is 17.0. The Hall–Kier alpha value is -1.23. The van der Waals surface area contributed by atoms with Gasteiger partial charge in [0.25, 0.3) is 5.91 Å². The van der Waals surface area contributed by atoms with Crippen LogP contribution in [0.1, 0.15) is 20.4 Å². The zero-order valence-corrected chi connectivity index (χ0v) is 16.9. The number of aromatic nitrogens is 1. The van der Waals surface area contributed by atoms with Crippen molar-refractivity contribution in [1.82, 2.24) is 9.71 Å². The van der Waals surface area contributed by atoms with E-state index in [2.05, 4.69) is 15.0 Å². The van der Waals surface area contributed by atoms with Gasteiger partial charge in [-0.15, -0.1) is 36.2 Å². The molecule has 1 amide bonds. The van der Waals surface area contributed by atoms with Gasteiger partial charge in [-0.2, -0.15) is 0 Å². The number of carbonyl (C=O) groups excluding carboxylic acids is 1. The van der Waals surface area contributed by atoms with Gasteiger partial charge in [-0.1, -0.05) is 6.07 Å². The number of benzene rings is 1. The van der Waals surface area contributed by atoms with E-state index in [1.165, 1.54) is 23.5 Å². The van der Waals surface area contributed by atoms with E-state index in [1.54, 1.807) is 19.1 Å². The number of nitrogens with one attached hydrogen (secondary N) is 2. The van der Waals surface area contributed by atoms with Crippen LogP contribution in [0.15, 0.2) is 29.2 Å².